The Hall–Kier alpha value is -0.700. The Balaban J connectivity index is 2.16. The van der Waals surface area contributed by atoms with E-state index >= 15 is 0 Å². The Morgan fingerprint density at radius 1 is 1.19 bits per heavy atom. The van der Waals surface area contributed by atoms with Gasteiger partial charge in [-0.15, -0.1) is 0 Å². The van der Waals surface area contributed by atoms with Gasteiger partial charge in [0.15, 0.2) is 11.5 Å². The molecule has 0 spiro atoms. The fourth-order valence-corrected chi connectivity index (χ4v) is 3.81. The molecule has 0 saturated carbocycles. The fourth-order valence-electron chi connectivity index (χ4n) is 2.62. The number of halogens is 1. The minimum Gasteiger partial charge on any atom is -0.486 e. The Kier molecular flexibility index (Phi) is 2.22. The molecular weight excluding hydrogens is 268 g/mol. The zero-order chi connectivity index (χ0) is 11.3. The predicted molar refractivity (Wildman–Crippen MR) is 66.7 cm³/mol. The molecule has 1 aliphatic carbocycles. The van der Waals surface area contributed by atoms with Gasteiger partial charge in [-0.1, -0.05) is 29.8 Å². The molecule has 3 heteroatoms. The second-order valence-corrected chi connectivity index (χ2v) is 6.24. The van der Waals surface area contributed by atoms with Crippen LogP contribution in [0.15, 0.2) is 12.1 Å². The van der Waals surface area contributed by atoms with Crippen LogP contribution in [0.2, 0.25) is 0 Å². The maximum atomic E-state index is 5.64. The highest BCUT2D eigenvalue weighted by atomic mass is 79.9. The molecule has 0 amide bonds. The molecule has 86 valence electrons. The Labute approximate surface area is 104 Å². The lowest BCUT2D eigenvalue weighted by Crippen LogP contribution is -2.17. The summed E-state index contributed by atoms with van der Waals surface area (Å²) in [5.74, 6) is 1.80. The molecule has 3 rings (SSSR count). The summed E-state index contributed by atoms with van der Waals surface area (Å²) in [5, 5.41) is 0. The first kappa shape index (κ1) is 10.5. The number of alkyl halides is 1. The molecule has 2 nitrogen and oxygen atoms in total. The highest BCUT2D eigenvalue weighted by molar-refractivity contribution is 9.09. The third-order valence-corrected chi connectivity index (χ3v) is 4.29. The minimum atomic E-state index is 0.222. The van der Waals surface area contributed by atoms with Crippen LogP contribution in [-0.4, -0.2) is 13.2 Å². The molecule has 1 aliphatic heterocycles. The number of rotatable bonds is 0. The summed E-state index contributed by atoms with van der Waals surface area (Å²) in [4.78, 5) is 0.438. The second kappa shape index (κ2) is 3.39. The smallest absolute Gasteiger partial charge is 0.161 e. The van der Waals surface area contributed by atoms with Gasteiger partial charge in [0, 0.05) is 4.83 Å². The van der Waals surface area contributed by atoms with Gasteiger partial charge in [-0.3, -0.25) is 0 Å². The predicted octanol–water partition coefficient (Wildman–Crippen LogP) is 3.58. The lowest BCUT2D eigenvalue weighted by atomic mass is 9.86. The zero-order valence-corrected chi connectivity index (χ0v) is 11.1. The van der Waals surface area contributed by atoms with Crippen LogP contribution in [0.25, 0.3) is 0 Å². The van der Waals surface area contributed by atoms with Gasteiger partial charge in [-0.05, 0) is 35.1 Å². The summed E-state index contributed by atoms with van der Waals surface area (Å²) < 4.78 is 11.3. The number of hydrogen-bond acceptors (Lipinski definition) is 2. The van der Waals surface area contributed by atoms with Crippen molar-refractivity contribution in [1.82, 2.24) is 0 Å². The molecule has 2 aliphatic rings. The highest BCUT2D eigenvalue weighted by Gasteiger charge is 2.37. The molecule has 0 radical (unpaired) electrons. The van der Waals surface area contributed by atoms with Gasteiger partial charge in [0.05, 0.1) is 0 Å². The first-order valence-electron chi connectivity index (χ1n) is 5.66. The standard InChI is InChI=1S/C13H15BrO2/c1-13(2)7-10(14)8-5-11-12(6-9(8)13)16-4-3-15-11/h5-6,10H,3-4,7H2,1-2H3. The SMILES string of the molecule is CC1(C)CC(Br)c2cc3c(cc21)OCCO3. The van der Waals surface area contributed by atoms with Crippen LogP contribution in [0.3, 0.4) is 0 Å². The van der Waals surface area contributed by atoms with Crippen molar-refractivity contribution in [1.29, 1.82) is 0 Å². The van der Waals surface area contributed by atoms with Crippen molar-refractivity contribution in [2.24, 2.45) is 0 Å². The Bertz CT molecular complexity index is 440. The third kappa shape index (κ3) is 1.45. The van der Waals surface area contributed by atoms with Crippen molar-refractivity contribution in [3.8, 4) is 11.5 Å². The van der Waals surface area contributed by atoms with Crippen LogP contribution < -0.4 is 9.47 Å². The highest BCUT2D eigenvalue weighted by Crippen LogP contribution is 2.52. The van der Waals surface area contributed by atoms with Gasteiger partial charge in [0.25, 0.3) is 0 Å². The maximum Gasteiger partial charge on any atom is 0.161 e. The largest absolute Gasteiger partial charge is 0.486 e. The van der Waals surface area contributed by atoms with Crippen molar-refractivity contribution in [3.05, 3.63) is 23.3 Å². The van der Waals surface area contributed by atoms with Crippen molar-refractivity contribution in [3.63, 3.8) is 0 Å². The summed E-state index contributed by atoms with van der Waals surface area (Å²) in [7, 11) is 0. The molecule has 1 aromatic carbocycles. The molecule has 1 atom stereocenters. The van der Waals surface area contributed by atoms with Crippen molar-refractivity contribution in [2.75, 3.05) is 13.2 Å². The quantitative estimate of drug-likeness (QED) is 0.678. The summed E-state index contributed by atoms with van der Waals surface area (Å²) in [5.41, 5.74) is 2.96. The number of benzene rings is 1. The van der Waals surface area contributed by atoms with E-state index in [1.54, 1.807) is 0 Å². The average Bonchev–Trinajstić information content (AvgIpc) is 2.47. The van der Waals surface area contributed by atoms with E-state index in [4.69, 9.17) is 9.47 Å². The number of ether oxygens (including phenoxy) is 2. The zero-order valence-electron chi connectivity index (χ0n) is 9.55. The molecule has 0 N–H and O–H groups in total. The minimum absolute atomic E-state index is 0.222. The summed E-state index contributed by atoms with van der Waals surface area (Å²) in [6, 6.07) is 4.29. The van der Waals surface area contributed by atoms with E-state index in [0.717, 1.165) is 17.9 Å². The molecule has 1 aromatic rings. The molecular formula is C13H15BrO2. The molecule has 0 aromatic heterocycles. The van der Waals surface area contributed by atoms with Crippen LogP contribution in [0.5, 0.6) is 11.5 Å². The van der Waals surface area contributed by atoms with Gasteiger partial charge < -0.3 is 9.47 Å². The van der Waals surface area contributed by atoms with Crippen molar-refractivity contribution >= 4 is 15.9 Å². The maximum absolute atomic E-state index is 5.64. The van der Waals surface area contributed by atoms with Crippen LogP contribution in [0.4, 0.5) is 0 Å². The van der Waals surface area contributed by atoms with E-state index in [1.165, 1.54) is 11.1 Å². The third-order valence-electron chi connectivity index (χ3n) is 3.47. The van der Waals surface area contributed by atoms with Gasteiger partial charge >= 0.3 is 0 Å². The Morgan fingerprint density at radius 2 is 1.81 bits per heavy atom. The van der Waals surface area contributed by atoms with E-state index in [2.05, 4.69) is 41.9 Å². The van der Waals surface area contributed by atoms with Crippen LogP contribution in [0, 0.1) is 0 Å². The summed E-state index contributed by atoms with van der Waals surface area (Å²) in [6.07, 6.45) is 1.13. The average molecular weight is 283 g/mol. The van der Waals surface area contributed by atoms with Gasteiger partial charge in [-0.25, -0.2) is 0 Å². The van der Waals surface area contributed by atoms with E-state index in [-0.39, 0.29) is 5.41 Å². The van der Waals surface area contributed by atoms with E-state index in [9.17, 15) is 0 Å². The van der Waals surface area contributed by atoms with Gasteiger partial charge in [0.1, 0.15) is 13.2 Å². The Morgan fingerprint density at radius 3 is 2.50 bits per heavy atom. The van der Waals surface area contributed by atoms with E-state index in [0.29, 0.717) is 18.0 Å². The topological polar surface area (TPSA) is 18.5 Å². The second-order valence-electron chi connectivity index (χ2n) is 5.14. The molecule has 0 fully saturated rings. The van der Waals surface area contributed by atoms with Crippen molar-refractivity contribution < 1.29 is 9.47 Å². The number of hydrogen-bond donors (Lipinski definition) is 0. The fraction of sp³-hybridized carbons (Fsp3) is 0.538. The van der Waals surface area contributed by atoms with E-state index < -0.39 is 0 Å². The molecule has 1 unspecified atom stereocenters. The monoisotopic (exact) mass is 282 g/mol. The van der Waals surface area contributed by atoms with Crippen LogP contribution >= 0.6 is 15.9 Å². The van der Waals surface area contributed by atoms with Gasteiger partial charge in [-0.2, -0.15) is 0 Å². The van der Waals surface area contributed by atoms with E-state index in [1.807, 2.05) is 0 Å². The van der Waals surface area contributed by atoms with Crippen LogP contribution in [0.1, 0.15) is 36.2 Å². The molecule has 0 saturated heterocycles. The van der Waals surface area contributed by atoms with Crippen LogP contribution in [-0.2, 0) is 5.41 Å². The molecule has 16 heavy (non-hydrogen) atoms. The lowest BCUT2D eigenvalue weighted by molar-refractivity contribution is 0.171. The summed E-state index contributed by atoms with van der Waals surface area (Å²) in [6.45, 7) is 5.87. The lowest BCUT2D eigenvalue weighted by Gasteiger charge is -2.23. The first-order valence-corrected chi connectivity index (χ1v) is 6.57. The first-order chi connectivity index (χ1) is 7.58. The normalized spacial score (nSPS) is 25.3. The summed E-state index contributed by atoms with van der Waals surface area (Å²) >= 11 is 3.74. The van der Waals surface area contributed by atoms with Crippen molar-refractivity contribution in [2.45, 2.75) is 30.5 Å². The van der Waals surface area contributed by atoms with Gasteiger partial charge in [0.2, 0.25) is 0 Å². The number of fused-ring (bicyclic) bond motifs is 2. The molecule has 0 bridgehead atoms. The molecule has 1 heterocycles.